The summed E-state index contributed by atoms with van der Waals surface area (Å²) in [6.07, 6.45) is 2.07. The molecule has 0 fully saturated rings. The molecule has 1 aromatic heterocycles. The summed E-state index contributed by atoms with van der Waals surface area (Å²) in [7, 11) is 0. The lowest BCUT2D eigenvalue weighted by atomic mass is 10.0. The maximum absolute atomic E-state index is 13.2. The molecular formula is C21H29N2O+. The minimum absolute atomic E-state index is 0.123. The monoisotopic (exact) mass is 325 g/mol. The summed E-state index contributed by atoms with van der Waals surface area (Å²) in [5.74, 6) is 0.123. The van der Waals surface area contributed by atoms with Crippen LogP contribution in [-0.4, -0.2) is 22.9 Å². The van der Waals surface area contributed by atoms with Crippen LogP contribution in [0, 0.1) is 13.8 Å². The van der Waals surface area contributed by atoms with Gasteiger partial charge in [0, 0.05) is 30.6 Å². The van der Waals surface area contributed by atoms with Crippen LogP contribution in [0.5, 0.6) is 0 Å². The molecule has 0 aliphatic rings. The van der Waals surface area contributed by atoms with E-state index in [0.717, 1.165) is 23.4 Å². The van der Waals surface area contributed by atoms with Crippen molar-refractivity contribution in [2.75, 3.05) is 0 Å². The van der Waals surface area contributed by atoms with Crippen LogP contribution in [0.2, 0.25) is 0 Å². The molecule has 0 aliphatic carbocycles. The highest BCUT2D eigenvalue weighted by Gasteiger charge is 2.28. The standard InChI is InChI=1S/C21H29N2O/c1-15(2)23(16(3)4)21(24)20-17(5)12-13-22(18(20)6)14-19-10-8-7-9-11-19/h7-13,15-16H,14H2,1-6H3/q+1. The number of carbonyl (C=O) groups is 1. The number of hydrogen-bond donors (Lipinski definition) is 0. The van der Waals surface area contributed by atoms with Gasteiger partial charge in [0.15, 0.2) is 18.4 Å². The van der Waals surface area contributed by atoms with Crippen molar-refractivity contribution in [2.24, 2.45) is 0 Å². The third-order valence-corrected chi connectivity index (χ3v) is 4.45. The maximum Gasteiger partial charge on any atom is 0.260 e. The Hall–Kier alpha value is -2.16. The first-order valence-electron chi connectivity index (χ1n) is 8.69. The predicted molar refractivity (Wildman–Crippen MR) is 98.1 cm³/mol. The lowest BCUT2D eigenvalue weighted by Gasteiger charge is -2.31. The number of pyridine rings is 1. The second kappa shape index (κ2) is 7.61. The normalized spacial score (nSPS) is 11.2. The van der Waals surface area contributed by atoms with Crippen molar-refractivity contribution in [1.29, 1.82) is 0 Å². The molecule has 3 nitrogen and oxygen atoms in total. The maximum atomic E-state index is 13.2. The quantitative estimate of drug-likeness (QED) is 0.765. The summed E-state index contributed by atoms with van der Waals surface area (Å²) in [4.78, 5) is 15.1. The van der Waals surface area contributed by atoms with Crippen molar-refractivity contribution in [3.05, 3.63) is 65.0 Å². The van der Waals surface area contributed by atoms with Gasteiger partial charge in [-0.1, -0.05) is 30.3 Å². The van der Waals surface area contributed by atoms with Crippen LogP contribution < -0.4 is 4.57 Å². The van der Waals surface area contributed by atoms with Gasteiger partial charge in [-0.15, -0.1) is 0 Å². The highest BCUT2D eigenvalue weighted by molar-refractivity contribution is 5.96. The number of aryl methyl sites for hydroxylation is 1. The number of aromatic nitrogens is 1. The summed E-state index contributed by atoms with van der Waals surface area (Å²) >= 11 is 0. The van der Waals surface area contributed by atoms with E-state index in [2.05, 4.69) is 50.6 Å². The number of carbonyl (C=O) groups excluding carboxylic acids is 1. The molecule has 0 bridgehead atoms. The first-order valence-corrected chi connectivity index (χ1v) is 8.69. The zero-order chi connectivity index (χ0) is 17.9. The Bertz CT molecular complexity index is 697. The summed E-state index contributed by atoms with van der Waals surface area (Å²) in [5.41, 5.74) is 4.12. The molecule has 128 valence electrons. The highest BCUT2D eigenvalue weighted by atomic mass is 16.2. The van der Waals surface area contributed by atoms with Gasteiger partial charge in [-0.2, -0.15) is 4.57 Å². The molecule has 0 unspecified atom stereocenters. The molecule has 0 aliphatic heterocycles. The number of benzene rings is 1. The van der Waals surface area contributed by atoms with Gasteiger partial charge >= 0.3 is 0 Å². The van der Waals surface area contributed by atoms with Crippen molar-refractivity contribution < 1.29 is 9.36 Å². The van der Waals surface area contributed by atoms with Crippen LogP contribution in [0.15, 0.2) is 42.6 Å². The van der Waals surface area contributed by atoms with Gasteiger partial charge < -0.3 is 4.90 Å². The Kier molecular flexibility index (Phi) is 5.76. The van der Waals surface area contributed by atoms with E-state index in [-0.39, 0.29) is 18.0 Å². The van der Waals surface area contributed by atoms with E-state index in [1.807, 2.05) is 43.0 Å². The molecule has 0 atom stereocenters. The van der Waals surface area contributed by atoms with E-state index < -0.39 is 0 Å². The van der Waals surface area contributed by atoms with Crippen LogP contribution in [-0.2, 0) is 6.54 Å². The van der Waals surface area contributed by atoms with Gasteiger partial charge in [0.05, 0.1) is 0 Å². The zero-order valence-electron chi connectivity index (χ0n) is 15.7. The summed E-state index contributed by atoms with van der Waals surface area (Å²) in [6, 6.07) is 12.7. The molecule has 0 spiro atoms. The molecule has 1 heterocycles. The average Bonchev–Trinajstić information content (AvgIpc) is 2.50. The molecule has 24 heavy (non-hydrogen) atoms. The minimum Gasteiger partial charge on any atom is -0.334 e. The van der Waals surface area contributed by atoms with Crippen molar-refractivity contribution >= 4 is 5.91 Å². The van der Waals surface area contributed by atoms with Crippen molar-refractivity contribution in [2.45, 2.75) is 60.2 Å². The van der Waals surface area contributed by atoms with Crippen LogP contribution in [0.25, 0.3) is 0 Å². The molecule has 0 N–H and O–H groups in total. The van der Waals surface area contributed by atoms with Gasteiger partial charge in [-0.3, -0.25) is 4.79 Å². The highest BCUT2D eigenvalue weighted by Crippen LogP contribution is 2.17. The number of hydrogen-bond acceptors (Lipinski definition) is 1. The largest absolute Gasteiger partial charge is 0.334 e. The molecule has 0 saturated carbocycles. The van der Waals surface area contributed by atoms with Crippen LogP contribution >= 0.6 is 0 Å². The summed E-state index contributed by atoms with van der Waals surface area (Å²) in [6.45, 7) is 13.1. The lowest BCUT2D eigenvalue weighted by Crippen LogP contribution is -2.45. The van der Waals surface area contributed by atoms with Crippen molar-refractivity contribution in [3.63, 3.8) is 0 Å². The third-order valence-electron chi connectivity index (χ3n) is 4.45. The number of amides is 1. The van der Waals surface area contributed by atoms with Gasteiger partial charge in [0.25, 0.3) is 5.91 Å². The Morgan fingerprint density at radius 2 is 1.58 bits per heavy atom. The van der Waals surface area contributed by atoms with E-state index in [0.29, 0.717) is 0 Å². The SMILES string of the molecule is Cc1cc[n+](Cc2ccccc2)c(C)c1C(=O)N(C(C)C)C(C)C. The smallest absolute Gasteiger partial charge is 0.260 e. The second-order valence-electron chi connectivity index (χ2n) is 6.97. The zero-order valence-corrected chi connectivity index (χ0v) is 15.7. The Morgan fingerprint density at radius 1 is 1.00 bits per heavy atom. The van der Waals surface area contributed by atoms with Gasteiger partial charge in [0.2, 0.25) is 0 Å². The van der Waals surface area contributed by atoms with E-state index in [9.17, 15) is 4.79 Å². The third kappa shape index (κ3) is 3.84. The fourth-order valence-electron chi connectivity index (χ4n) is 3.30. The molecule has 1 aromatic carbocycles. The second-order valence-corrected chi connectivity index (χ2v) is 6.97. The summed E-state index contributed by atoms with van der Waals surface area (Å²) in [5, 5.41) is 0. The van der Waals surface area contributed by atoms with Gasteiger partial charge in [-0.05, 0) is 40.2 Å². The van der Waals surface area contributed by atoms with Gasteiger partial charge in [-0.25, -0.2) is 0 Å². The lowest BCUT2D eigenvalue weighted by molar-refractivity contribution is -0.694. The predicted octanol–water partition coefficient (Wildman–Crippen LogP) is 3.90. The molecule has 1 amide bonds. The van der Waals surface area contributed by atoms with Crippen molar-refractivity contribution in [3.8, 4) is 0 Å². The van der Waals surface area contributed by atoms with E-state index in [4.69, 9.17) is 0 Å². The molecule has 2 rings (SSSR count). The van der Waals surface area contributed by atoms with Crippen molar-refractivity contribution in [1.82, 2.24) is 4.90 Å². The minimum atomic E-state index is 0.123. The number of rotatable bonds is 5. The molecule has 0 radical (unpaired) electrons. The van der Waals surface area contributed by atoms with E-state index in [1.165, 1.54) is 5.56 Å². The number of nitrogens with zero attached hydrogens (tertiary/aromatic N) is 2. The molecular weight excluding hydrogens is 296 g/mol. The Morgan fingerprint density at radius 3 is 2.12 bits per heavy atom. The van der Waals surface area contributed by atoms with E-state index in [1.54, 1.807) is 0 Å². The first-order chi connectivity index (χ1) is 11.3. The average molecular weight is 325 g/mol. The van der Waals surface area contributed by atoms with Crippen LogP contribution in [0.3, 0.4) is 0 Å². The van der Waals surface area contributed by atoms with E-state index >= 15 is 0 Å². The fourth-order valence-corrected chi connectivity index (χ4v) is 3.30. The molecule has 0 saturated heterocycles. The van der Waals surface area contributed by atoms with Crippen LogP contribution in [0.4, 0.5) is 0 Å². The molecule has 2 aromatic rings. The van der Waals surface area contributed by atoms with Gasteiger partial charge in [0.1, 0.15) is 5.56 Å². The topological polar surface area (TPSA) is 24.2 Å². The first kappa shape index (κ1) is 18.2. The fraction of sp³-hybridized carbons (Fsp3) is 0.429. The molecule has 3 heteroatoms. The summed E-state index contributed by atoms with van der Waals surface area (Å²) < 4.78 is 2.16. The van der Waals surface area contributed by atoms with Crippen LogP contribution in [0.1, 0.15) is 54.9 Å². The Labute approximate surface area is 145 Å². The Balaban J connectivity index is 2.43.